The number of carbonyl (C=O) groups excluding carboxylic acids is 2. The highest BCUT2D eigenvalue weighted by molar-refractivity contribution is 6.13. The minimum Gasteiger partial charge on any atom is -0.474 e. The van der Waals surface area contributed by atoms with Crippen LogP contribution in [0.1, 0.15) is 22.3 Å². The van der Waals surface area contributed by atoms with Gasteiger partial charge in [0.2, 0.25) is 0 Å². The number of rotatable bonds is 7. The largest absolute Gasteiger partial charge is 0.474 e. The molecule has 1 atom stereocenters. The third-order valence-corrected chi connectivity index (χ3v) is 6.62. The monoisotopic (exact) mass is 500 g/mol. The maximum atomic E-state index is 13.1. The van der Waals surface area contributed by atoms with Gasteiger partial charge in [-0.25, -0.2) is 9.38 Å². The minimum atomic E-state index is -0.412. The fourth-order valence-electron chi connectivity index (χ4n) is 4.54. The van der Waals surface area contributed by atoms with Gasteiger partial charge in [0, 0.05) is 44.0 Å². The van der Waals surface area contributed by atoms with Gasteiger partial charge in [-0.3, -0.25) is 14.5 Å². The van der Waals surface area contributed by atoms with Gasteiger partial charge in [-0.15, -0.1) is 0 Å². The van der Waals surface area contributed by atoms with Crippen LogP contribution in [0.15, 0.2) is 83.6 Å². The predicted molar refractivity (Wildman–Crippen MR) is 142 cm³/mol. The van der Waals surface area contributed by atoms with Crippen molar-refractivity contribution in [3.63, 3.8) is 0 Å². The van der Waals surface area contributed by atoms with E-state index in [2.05, 4.69) is 20.1 Å². The Morgan fingerprint density at radius 2 is 1.81 bits per heavy atom. The number of amides is 2. The zero-order valence-corrected chi connectivity index (χ0v) is 20.5. The molecule has 190 valence electrons. The summed E-state index contributed by atoms with van der Waals surface area (Å²) in [5.74, 6) is -0.570. The van der Waals surface area contributed by atoms with Crippen molar-refractivity contribution in [1.29, 1.82) is 0 Å². The van der Waals surface area contributed by atoms with E-state index in [1.54, 1.807) is 36.4 Å². The summed E-state index contributed by atoms with van der Waals surface area (Å²) in [5.41, 5.74) is 2.97. The average molecular weight is 501 g/mol. The van der Waals surface area contributed by atoms with Gasteiger partial charge >= 0.3 is 5.91 Å². The van der Waals surface area contributed by atoms with E-state index in [1.807, 2.05) is 30.4 Å². The summed E-state index contributed by atoms with van der Waals surface area (Å²) < 4.78 is 18.9. The number of nitrogens with zero attached hydrogens (tertiary/aromatic N) is 3. The number of nitrogens with one attached hydrogen (secondary N) is 1. The van der Waals surface area contributed by atoms with Gasteiger partial charge in [-0.05, 0) is 73.2 Å². The van der Waals surface area contributed by atoms with Crippen LogP contribution in [0.25, 0.3) is 6.08 Å². The molecule has 0 aromatic heterocycles. The molecule has 0 saturated carbocycles. The Morgan fingerprint density at radius 3 is 2.57 bits per heavy atom. The van der Waals surface area contributed by atoms with Crippen LogP contribution in [0.2, 0.25) is 0 Å². The van der Waals surface area contributed by atoms with Crippen molar-refractivity contribution in [2.75, 3.05) is 44.2 Å². The van der Waals surface area contributed by atoms with Crippen LogP contribution < -0.4 is 10.2 Å². The Bertz CT molecular complexity index is 1260. The fraction of sp³-hybridized carbons (Fsp3) is 0.276. The molecule has 2 amide bonds. The Morgan fingerprint density at radius 1 is 1.05 bits per heavy atom. The summed E-state index contributed by atoms with van der Waals surface area (Å²) in [4.78, 5) is 33.5. The number of halogens is 1. The van der Waals surface area contributed by atoms with E-state index in [1.165, 1.54) is 12.1 Å². The lowest BCUT2D eigenvalue weighted by Crippen LogP contribution is -2.47. The highest BCUT2D eigenvalue weighted by atomic mass is 19.1. The number of piperazine rings is 1. The van der Waals surface area contributed by atoms with Gasteiger partial charge in [0.25, 0.3) is 5.91 Å². The highest BCUT2D eigenvalue weighted by Gasteiger charge is 2.26. The van der Waals surface area contributed by atoms with E-state index in [4.69, 9.17) is 4.74 Å². The van der Waals surface area contributed by atoms with E-state index in [9.17, 15) is 14.0 Å². The molecule has 1 aliphatic carbocycles. The van der Waals surface area contributed by atoms with E-state index in [0.717, 1.165) is 50.4 Å². The van der Waals surface area contributed by atoms with Gasteiger partial charge in [0.15, 0.2) is 11.9 Å². The van der Waals surface area contributed by atoms with Crippen LogP contribution in [-0.4, -0.2) is 67.8 Å². The summed E-state index contributed by atoms with van der Waals surface area (Å²) in [5, 5.41) is 2.98. The molecule has 2 aromatic carbocycles. The standard InChI is InChI=1S/C29H29FN4O3/c30-23-10-12-24(13-11-23)34-18-16-33(17-19-34)15-3-14-31-28(35)22-8-6-21(7-9-22)20-27-29(36)32-25-4-1-2-5-26(25)37-27/h1-2,4-13,20,26H,3,14-19H2,(H,31,35)/b27-20+. The molecule has 2 aliphatic heterocycles. The molecule has 0 radical (unpaired) electrons. The van der Waals surface area contributed by atoms with E-state index >= 15 is 0 Å². The lowest BCUT2D eigenvalue weighted by Gasteiger charge is -2.36. The number of ether oxygens (including phenoxy) is 1. The second-order valence-electron chi connectivity index (χ2n) is 9.17. The van der Waals surface area contributed by atoms with E-state index in [-0.39, 0.29) is 23.6 Å². The molecule has 0 spiro atoms. The van der Waals surface area contributed by atoms with Crippen LogP contribution in [0.4, 0.5) is 10.1 Å². The second-order valence-corrected chi connectivity index (χ2v) is 9.17. The third kappa shape index (κ3) is 6.21. The molecule has 1 N–H and O–H groups in total. The number of allylic oxidation sites excluding steroid dienone is 2. The predicted octanol–water partition coefficient (Wildman–Crippen LogP) is 3.60. The van der Waals surface area contributed by atoms with E-state index < -0.39 is 5.91 Å². The Balaban J connectivity index is 1.05. The quantitative estimate of drug-likeness (QED) is 0.465. The molecule has 1 unspecified atom stereocenters. The molecule has 5 rings (SSSR count). The first-order valence-electron chi connectivity index (χ1n) is 12.5. The molecule has 37 heavy (non-hydrogen) atoms. The summed E-state index contributed by atoms with van der Waals surface area (Å²) in [6, 6.07) is 13.7. The molecule has 8 heteroatoms. The molecule has 0 bridgehead atoms. The normalized spacial score (nSPS) is 20.4. The number of anilines is 1. The topological polar surface area (TPSA) is 74.2 Å². The van der Waals surface area contributed by atoms with Gasteiger partial charge in [0.05, 0.1) is 5.71 Å². The molecule has 7 nitrogen and oxygen atoms in total. The van der Waals surface area contributed by atoms with Crippen molar-refractivity contribution in [3.05, 3.63) is 95.5 Å². The number of benzene rings is 2. The zero-order chi connectivity index (χ0) is 25.6. The Labute approximate surface area is 215 Å². The first kappa shape index (κ1) is 24.6. The molecular formula is C29H29FN4O3. The second kappa shape index (κ2) is 11.3. The van der Waals surface area contributed by atoms with Gasteiger partial charge in [0.1, 0.15) is 5.82 Å². The van der Waals surface area contributed by atoms with Crippen molar-refractivity contribution in [3.8, 4) is 0 Å². The van der Waals surface area contributed by atoms with Gasteiger partial charge in [-0.2, -0.15) is 0 Å². The summed E-state index contributed by atoms with van der Waals surface area (Å²) >= 11 is 0. The van der Waals surface area contributed by atoms with Crippen molar-refractivity contribution in [1.82, 2.24) is 10.2 Å². The third-order valence-electron chi connectivity index (χ3n) is 6.62. The lowest BCUT2D eigenvalue weighted by molar-refractivity contribution is -0.118. The van der Waals surface area contributed by atoms with Crippen molar-refractivity contribution in [2.24, 2.45) is 4.99 Å². The van der Waals surface area contributed by atoms with Crippen LogP contribution in [0.3, 0.4) is 0 Å². The molecule has 2 aromatic rings. The molecular weight excluding hydrogens is 471 g/mol. The van der Waals surface area contributed by atoms with Gasteiger partial charge < -0.3 is 15.0 Å². The zero-order valence-electron chi connectivity index (χ0n) is 20.5. The Kier molecular flexibility index (Phi) is 7.56. The summed E-state index contributed by atoms with van der Waals surface area (Å²) in [6.07, 6.45) is 9.45. The maximum absolute atomic E-state index is 13.1. The summed E-state index contributed by atoms with van der Waals surface area (Å²) in [7, 11) is 0. The van der Waals surface area contributed by atoms with Gasteiger partial charge in [-0.1, -0.05) is 24.3 Å². The minimum absolute atomic E-state index is 0.126. The number of aliphatic imine (C=N–C) groups is 1. The Hall–Kier alpha value is -4.04. The smallest absolute Gasteiger partial charge is 0.312 e. The molecule has 3 aliphatic rings. The molecule has 1 saturated heterocycles. The number of carbonyl (C=O) groups is 2. The first-order chi connectivity index (χ1) is 18.0. The SMILES string of the molecule is O=C1N=C2C=CC=CC2O/C1=C/c1ccc(C(=O)NCCCN2CCN(c3ccc(F)cc3)CC2)cc1. The number of hydrogen-bond donors (Lipinski definition) is 1. The number of hydrogen-bond acceptors (Lipinski definition) is 5. The van der Waals surface area contributed by atoms with Crippen LogP contribution in [0, 0.1) is 5.82 Å². The summed E-state index contributed by atoms with van der Waals surface area (Å²) in [6.45, 7) is 5.19. The first-order valence-corrected chi connectivity index (χ1v) is 12.5. The van der Waals surface area contributed by atoms with Crippen LogP contribution >= 0.6 is 0 Å². The van der Waals surface area contributed by atoms with Crippen LogP contribution in [0.5, 0.6) is 0 Å². The van der Waals surface area contributed by atoms with Crippen molar-refractivity contribution >= 4 is 29.3 Å². The van der Waals surface area contributed by atoms with Crippen molar-refractivity contribution < 1.29 is 18.7 Å². The molecule has 2 heterocycles. The maximum Gasteiger partial charge on any atom is 0.312 e. The average Bonchev–Trinajstić information content (AvgIpc) is 2.93. The lowest BCUT2D eigenvalue weighted by atomic mass is 10.1. The highest BCUT2D eigenvalue weighted by Crippen LogP contribution is 2.21. The van der Waals surface area contributed by atoms with Crippen LogP contribution in [-0.2, 0) is 9.53 Å². The van der Waals surface area contributed by atoms with E-state index in [0.29, 0.717) is 17.8 Å². The molecule has 1 fully saturated rings. The van der Waals surface area contributed by atoms with Crippen molar-refractivity contribution in [2.45, 2.75) is 12.5 Å². The fourth-order valence-corrected chi connectivity index (χ4v) is 4.54. The number of fused-ring (bicyclic) bond motifs is 1.